The molecule has 0 spiro atoms. The van der Waals surface area contributed by atoms with Gasteiger partial charge < -0.3 is 5.32 Å². The van der Waals surface area contributed by atoms with Crippen molar-refractivity contribution < 1.29 is 4.79 Å². The predicted octanol–water partition coefficient (Wildman–Crippen LogP) is 2.41. The van der Waals surface area contributed by atoms with Crippen LogP contribution < -0.4 is 5.32 Å². The summed E-state index contributed by atoms with van der Waals surface area (Å²) in [4.78, 5) is 11.5. The molecule has 0 aromatic heterocycles. The van der Waals surface area contributed by atoms with Crippen LogP contribution in [0.1, 0.15) is 31.9 Å². The molecule has 0 fully saturated rings. The van der Waals surface area contributed by atoms with E-state index in [2.05, 4.69) is 5.32 Å². The fourth-order valence-corrected chi connectivity index (χ4v) is 1.45. The molecule has 1 aromatic carbocycles. The summed E-state index contributed by atoms with van der Waals surface area (Å²) < 4.78 is 0. The van der Waals surface area contributed by atoms with Gasteiger partial charge in [0.15, 0.2) is 0 Å². The number of hydrogen-bond acceptors (Lipinski definition) is 2. The number of amides is 1. The summed E-state index contributed by atoms with van der Waals surface area (Å²) in [6, 6.07) is 11.8. The molecule has 0 aliphatic heterocycles. The van der Waals surface area contributed by atoms with Gasteiger partial charge in [0.25, 0.3) is 0 Å². The highest BCUT2D eigenvalue weighted by atomic mass is 16.1. The molecular formula is C13H16N2O. The van der Waals surface area contributed by atoms with Crippen LogP contribution in [0.2, 0.25) is 0 Å². The molecule has 1 N–H and O–H groups in total. The normalized spacial score (nSPS) is 13.6. The van der Waals surface area contributed by atoms with Crippen molar-refractivity contribution in [1.29, 1.82) is 5.26 Å². The van der Waals surface area contributed by atoms with Crippen molar-refractivity contribution in [2.24, 2.45) is 5.92 Å². The van der Waals surface area contributed by atoms with Crippen LogP contribution >= 0.6 is 0 Å². The van der Waals surface area contributed by atoms with E-state index in [9.17, 15) is 4.79 Å². The monoisotopic (exact) mass is 216 g/mol. The first kappa shape index (κ1) is 12.3. The summed E-state index contributed by atoms with van der Waals surface area (Å²) in [5, 5.41) is 11.5. The molecule has 0 bridgehead atoms. The zero-order chi connectivity index (χ0) is 12.0. The van der Waals surface area contributed by atoms with Crippen LogP contribution in [0.3, 0.4) is 0 Å². The number of nitrogens with one attached hydrogen (secondary N) is 1. The largest absolute Gasteiger partial charge is 0.350 e. The van der Waals surface area contributed by atoms with E-state index < -0.39 is 0 Å². The van der Waals surface area contributed by atoms with Gasteiger partial charge in [-0.2, -0.15) is 5.26 Å². The van der Waals surface area contributed by atoms with Crippen molar-refractivity contribution in [3.63, 3.8) is 0 Å². The zero-order valence-corrected chi connectivity index (χ0v) is 9.60. The molecule has 16 heavy (non-hydrogen) atoms. The fraction of sp³-hybridized carbons (Fsp3) is 0.385. The Balaban J connectivity index is 2.50. The number of rotatable bonds is 4. The minimum Gasteiger partial charge on any atom is -0.350 e. The standard InChI is InChI=1S/C13H16N2O/c1-10(9-14)8-13(16)15-11(2)12-6-4-3-5-7-12/h3-7,10-11H,8H2,1-2H3,(H,15,16). The Kier molecular flexibility index (Phi) is 4.53. The highest BCUT2D eigenvalue weighted by Crippen LogP contribution is 2.11. The van der Waals surface area contributed by atoms with E-state index in [-0.39, 0.29) is 24.3 Å². The number of carbonyl (C=O) groups is 1. The van der Waals surface area contributed by atoms with E-state index in [1.165, 1.54) is 0 Å². The maximum absolute atomic E-state index is 11.5. The lowest BCUT2D eigenvalue weighted by atomic mass is 10.1. The van der Waals surface area contributed by atoms with Gasteiger partial charge in [0.1, 0.15) is 0 Å². The summed E-state index contributed by atoms with van der Waals surface area (Å²) in [5.74, 6) is -0.312. The van der Waals surface area contributed by atoms with E-state index >= 15 is 0 Å². The van der Waals surface area contributed by atoms with Gasteiger partial charge in [-0.15, -0.1) is 0 Å². The van der Waals surface area contributed by atoms with Crippen molar-refractivity contribution in [3.8, 4) is 6.07 Å². The summed E-state index contributed by atoms with van der Waals surface area (Å²) in [6.45, 7) is 3.68. The van der Waals surface area contributed by atoms with Crippen LogP contribution in [0.15, 0.2) is 30.3 Å². The summed E-state index contributed by atoms with van der Waals surface area (Å²) in [6.07, 6.45) is 0.258. The Labute approximate surface area is 96.1 Å². The van der Waals surface area contributed by atoms with Crippen LogP contribution in [0, 0.1) is 17.2 Å². The van der Waals surface area contributed by atoms with Gasteiger partial charge >= 0.3 is 0 Å². The van der Waals surface area contributed by atoms with E-state index in [1.54, 1.807) is 6.92 Å². The Morgan fingerprint density at radius 1 is 1.38 bits per heavy atom. The molecule has 1 rings (SSSR count). The number of benzene rings is 1. The smallest absolute Gasteiger partial charge is 0.221 e. The lowest BCUT2D eigenvalue weighted by Crippen LogP contribution is -2.27. The average Bonchev–Trinajstić information content (AvgIpc) is 2.29. The van der Waals surface area contributed by atoms with E-state index in [0.29, 0.717) is 0 Å². The Bertz CT molecular complexity index is 381. The summed E-state index contributed by atoms with van der Waals surface area (Å²) in [5.41, 5.74) is 1.07. The third kappa shape index (κ3) is 3.74. The Hall–Kier alpha value is -1.82. The van der Waals surface area contributed by atoms with Crippen LogP contribution in [0.4, 0.5) is 0 Å². The van der Waals surface area contributed by atoms with Crippen LogP contribution in [-0.4, -0.2) is 5.91 Å². The first-order chi connectivity index (χ1) is 7.63. The topological polar surface area (TPSA) is 52.9 Å². The second-order valence-electron chi connectivity index (χ2n) is 3.93. The quantitative estimate of drug-likeness (QED) is 0.840. The van der Waals surface area contributed by atoms with Crippen molar-refractivity contribution >= 4 is 5.91 Å². The predicted molar refractivity (Wildman–Crippen MR) is 62.4 cm³/mol. The summed E-state index contributed by atoms with van der Waals surface area (Å²) in [7, 11) is 0. The molecule has 1 amide bonds. The first-order valence-electron chi connectivity index (χ1n) is 5.37. The molecule has 2 unspecified atom stereocenters. The van der Waals surface area contributed by atoms with Gasteiger partial charge in [0, 0.05) is 6.42 Å². The molecule has 0 saturated heterocycles. The minimum atomic E-state index is -0.233. The van der Waals surface area contributed by atoms with Gasteiger partial charge in [-0.3, -0.25) is 4.79 Å². The highest BCUT2D eigenvalue weighted by molar-refractivity contribution is 5.76. The SMILES string of the molecule is CC(C#N)CC(=O)NC(C)c1ccccc1. The van der Waals surface area contributed by atoms with Crippen molar-refractivity contribution in [2.75, 3.05) is 0 Å². The molecular weight excluding hydrogens is 200 g/mol. The number of hydrogen-bond donors (Lipinski definition) is 1. The molecule has 2 atom stereocenters. The van der Waals surface area contributed by atoms with E-state index in [1.807, 2.05) is 43.3 Å². The van der Waals surface area contributed by atoms with Gasteiger partial charge in [0.05, 0.1) is 18.0 Å². The molecule has 0 radical (unpaired) electrons. The molecule has 84 valence electrons. The van der Waals surface area contributed by atoms with E-state index in [4.69, 9.17) is 5.26 Å². The fourth-order valence-electron chi connectivity index (χ4n) is 1.45. The van der Waals surface area contributed by atoms with Gasteiger partial charge in [-0.1, -0.05) is 30.3 Å². The van der Waals surface area contributed by atoms with Gasteiger partial charge in [-0.25, -0.2) is 0 Å². The second kappa shape index (κ2) is 5.92. The van der Waals surface area contributed by atoms with Crippen molar-refractivity contribution in [2.45, 2.75) is 26.3 Å². The Morgan fingerprint density at radius 2 is 2.00 bits per heavy atom. The molecule has 0 saturated carbocycles. The molecule has 1 aromatic rings. The average molecular weight is 216 g/mol. The molecule has 3 heteroatoms. The molecule has 0 heterocycles. The second-order valence-corrected chi connectivity index (χ2v) is 3.93. The first-order valence-corrected chi connectivity index (χ1v) is 5.37. The number of nitriles is 1. The maximum Gasteiger partial charge on any atom is 0.221 e. The van der Waals surface area contributed by atoms with Crippen molar-refractivity contribution in [1.82, 2.24) is 5.32 Å². The Morgan fingerprint density at radius 3 is 2.56 bits per heavy atom. The molecule has 0 aliphatic rings. The van der Waals surface area contributed by atoms with E-state index in [0.717, 1.165) is 5.56 Å². The van der Waals surface area contributed by atoms with Crippen LogP contribution in [0.5, 0.6) is 0 Å². The molecule has 0 aliphatic carbocycles. The van der Waals surface area contributed by atoms with Crippen LogP contribution in [0.25, 0.3) is 0 Å². The zero-order valence-electron chi connectivity index (χ0n) is 9.60. The summed E-state index contributed by atoms with van der Waals surface area (Å²) >= 11 is 0. The van der Waals surface area contributed by atoms with Gasteiger partial charge in [-0.05, 0) is 19.4 Å². The lowest BCUT2D eigenvalue weighted by molar-refractivity contribution is -0.122. The number of nitrogens with zero attached hydrogens (tertiary/aromatic N) is 1. The lowest BCUT2D eigenvalue weighted by Gasteiger charge is -2.14. The third-order valence-corrected chi connectivity index (χ3v) is 2.39. The van der Waals surface area contributed by atoms with Crippen molar-refractivity contribution in [3.05, 3.63) is 35.9 Å². The van der Waals surface area contributed by atoms with Gasteiger partial charge in [0.2, 0.25) is 5.91 Å². The number of carbonyl (C=O) groups excluding carboxylic acids is 1. The molecule has 3 nitrogen and oxygen atoms in total. The minimum absolute atomic E-state index is 0.0143. The van der Waals surface area contributed by atoms with Crippen LogP contribution in [-0.2, 0) is 4.79 Å². The maximum atomic E-state index is 11.5. The third-order valence-electron chi connectivity index (χ3n) is 2.39. The highest BCUT2D eigenvalue weighted by Gasteiger charge is 2.11.